The zero-order chi connectivity index (χ0) is 8.48. The zero-order valence-corrected chi connectivity index (χ0v) is 6.01. The normalized spacial score (nSPS) is 11.5. The van der Waals surface area contributed by atoms with E-state index in [9.17, 15) is 8.78 Å². The van der Waals surface area contributed by atoms with E-state index in [2.05, 4.69) is 4.98 Å². The molecule has 0 saturated carbocycles. The first-order chi connectivity index (χ1) is 5.02. The summed E-state index contributed by atoms with van der Waals surface area (Å²) in [5.74, 6) is -2.95. The van der Waals surface area contributed by atoms with Crippen molar-refractivity contribution in [3.05, 3.63) is 24.0 Å². The molecule has 60 valence electrons. The molecule has 0 bridgehead atoms. The second-order valence-corrected chi connectivity index (χ2v) is 2.33. The van der Waals surface area contributed by atoms with Crippen LogP contribution in [0.3, 0.4) is 0 Å². The van der Waals surface area contributed by atoms with Crippen LogP contribution in [-0.4, -0.2) is 4.98 Å². The van der Waals surface area contributed by atoms with E-state index in [0.717, 1.165) is 6.92 Å². The van der Waals surface area contributed by atoms with Crippen molar-refractivity contribution < 1.29 is 8.78 Å². The SMILES string of the molecule is CC(F)(F)c1ncccc1N. The molecule has 1 rings (SSSR count). The number of anilines is 1. The van der Waals surface area contributed by atoms with E-state index in [0.29, 0.717) is 0 Å². The number of nitrogen functional groups attached to an aromatic ring is 1. The molecular weight excluding hydrogens is 150 g/mol. The van der Waals surface area contributed by atoms with E-state index in [4.69, 9.17) is 5.73 Å². The van der Waals surface area contributed by atoms with Crippen molar-refractivity contribution in [3.8, 4) is 0 Å². The second kappa shape index (κ2) is 2.45. The van der Waals surface area contributed by atoms with Crippen molar-refractivity contribution in [1.82, 2.24) is 4.98 Å². The maximum absolute atomic E-state index is 12.6. The van der Waals surface area contributed by atoms with Crippen LogP contribution in [0, 0.1) is 0 Å². The number of aromatic nitrogens is 1. The Labute approximate surface area is 63.1 Å². The zero-order valence-electron chi connectivity index (χ0n) is 6.01. The molecule has 0 fully saturated rings. The first kappa shape index (κ1) is 7.91. The Morgan fingerprint density at radius 1 is 1.55 bits per heavy atom. The highest BCUT2D eigenvalue weighted by atomic mass is 19.3. The fourth-order valence-electron chi connectivity index (χ4n) is 0.785. The van der Waals surface area contributed by atoms with Crippen LogP contribution < -0.4 is 5.73 Å². The van der Waals surface area contributed by atoms with Gasteiger partial charge in [0.1, 0.15) is 5.69 Å². The van der Waals surface area contributed by atoms with Gasteiger partial charge in [-0.2, -0.15) is 8.78 Å². The van der Waals surface area contributed by atoms with Crippen LogP contribution in [0.15, 0.2) is 18.3 Å². The van der Waals surface area contributed by atoms with E-state index in [-0.39, 0.29) is 11.4 Å². The Kier molecular flexibility index (Phi) is 1.76. The quantitative estimate of drug-likeness (QED) is 0.676. The summed E-state index contributed by atoms with van der Waals surface area (Å²) in [6, 6.07) is 2.92. The summed E-state index contributed by atoms with van der Waals surface area (Å²) in [4.78, 5) is 3.47. The molecule has 1 heterocycles. The van der Waals surface area contributed by atoms with E-state index in [1.165, 1.54) is 18.3 Å². The number of pyridine rings is 1. The van der Waals surface area contributed by atoms with Gasteiger partial charge < -0.3 is 5.73 Å². The first-order valence-corrected chi connectivity index (χ1v) is 3.10. The molecule has 0 amide bonds. The van der Waals surface area contributed by atoms with Crippen LogP contribution in [0.1, 0.15) is 12.6 Å². The number of hydrogen-bond donors (Lipinski definition) is 1. The molecule has 0 saturated heterocycles. The number of alkyl halides is 2. The van der Waals surface area contributed by atoms with Crippen LogP contribution in [0.4, 0.5) is 14.5 Å². The summed E-state index contributed by atoms with van der Waals surface area (Å²) in [7, 11) is 0. The average molecular weight is 158 g/mol. The van der Waals surface area contributed by atoms with Crippen molar-refractivity contribution in [2.75, 3.05) is 5.73 Å². The lowest BCUT2D eigenvalue weighted by molar-refractivity contribution is 0.0137. The fourth-order valence-corrected chi connectivity index (χ4v) is 0.785. The Morgan fingerprint density at radius 3 is 2.55 bits per heavy atom. The Bertz CT molecular complexity index is 255. The largest absolute Gasteiger partial charge is 0.397 e. The highest BCUT2D eigenvalue weighted by molar-refractivity contribution is 5.43. The molecule has 2 nitrogen and oxygen atoms in total. The van der Waals surface area contributed by atoms with Gasteiger partial charge in [0.2, 0.25) is 0 Å². The van der Waals surface area contributed by atoms with Gasteiger partial charge in [0.15, 0.2) is 0 Å². The molecule has 4 heteroatoms. The maximum Gasteiger partial charge on any atom is 0.288 e. The standard InChI is InChI=1S/C7H8F2N2/c1-7(8,9)6-5(10)3-2-4-11-6/h2-4H,10H2,1H3. The Balaban J connectivity index is 3.14. The van der Waals surface area contributed by atoms with Gasteiger partial charge in [-0.15, -0.1) is 0 Å². The molecular formula is C7H8F2N2. The summed E-state index contributed by atoms with van der Waals surface area (Å²) in [6.07, 6.45) is 1.29. The monoisotopic (exact) mass is 158 g/mol. The highest BCUT2D eigenvalue weighted by Gasteiger charge is 2.28. The number of halogens is 2. The second-order valence-electron chi connectivity index (χ2n) is 2.33. The minimum absolute atomic E-state index is 0.0278. The minimum atomic E-state index is -2.95. The number of nitrogens with zero attached hydrogens (tertiary/aromatic N) is 1. The molecule has 0 spiro atoms. The van der Waals surface area contributed by atoms with Gasteiger partial charge >= 0.3 is 0 Å². The van der Waals surface area contributed by atoms with E-state index in [1.54, 1.807) is 0 Å². The average Bonchev–Trinajstić information content (AvgIpc) is 1.86. The molecule has 0 radical (unpaired) electrons. The van der Waals surface area contributed by atoms with E-state index in [1.807, 2.05) is 0 Å². The van der Waals surface area contributed by atoms with Crippen molar-refractivity contribution in [2.45, 2.75) is 12.8 Å². The third-order valence-corrected chi connectivity index (χ3v) is 1.25. The number of rotatable bonds is 1. The molecule has 1 aromatic heterocycles. The minimum Gasteiger partial charge on any atom is -0.397 e. The summed E-state index contributed by atoms with van der Waals surface area (Å²) in [5.41, 5.74) is 4.93. The predicted octanol–water partition coefficient (Wildman–Crippen LogP) is 1.78. The predicted molar refractivity (Wildman–Crippen MR) is 38.2 cm³/mol. The summed E-state index contributed by atoms with van der Waals surface area (Å²) >= 11 is 0. The summed E-state index contributed by atoms with van der Waals surface area (Å²) in [5, 5.41) is 0. The molecule has 0 aliphatic rings. The van der Waals surface area contributed by atoms with Gasteiger partial charge in [-0.05, 0) is 12.1 Å². The van der Waals surface area contributed by atoms with Crippen molar-refractivity contribution in [1.29, 1.82) is 0 Å². The van der Waals surface area contributed by atoms with Gasteiger partial charge in [0, 0.05) is 13.1 Å². The highest BCUT2D eigenvalue weighted by Crippen LogP contribution is 2.28. The number of hydrogen-bond acceptors (Lipinski definition) is 2. The van der Waals surface area contributed by atoms with Gasteiger partial charge in [-0.3, -0.25) is 4.98 Å². The van der Waals surface area contributed by atoms with Crippen molar-refractivity contribution in [3.63, 3.8) is 0 Å². The molecule has 0 unspecified atom stereocenters. The van der Waals surface area contributed by atoms with Crippen molar-refractivity contribution >= 4 is 5.69 Å². The lowest BCUT2D eigenvalue weighted by atomic mass is 10.2. The smallest absolute Gasteiger partial charge is 0.288 e. The van der Waals surface area contributed by atoms with Crippen LogP contribution in [-0.2, 0) is 5.92 Å². The summed E-state index contributed by atoms with van der Waals surface area (Å²) < 4.78 is 25.1. The van der Waals surface area contributed by atoms with Gasteiger partial charge in [0.05, 0.1) is 5.69 Å². The number of nitrogens with two attached hydrogens (primary N) is 1. The van der Waals surface area contributed by atoms with Crippen LogP contribution in [0.2, 0.25) is 0 Å². The van der Waals surface area contributed by atoms with Crippen molar-refractivity contribution in [2.24, 2.45) is 0 Å². The first-order valence-electron chi connectivity index (χ1n) is 3.10. The van der Waals surface area contributed by atoms with Crippen LogP contribution in [0.5, 0.6) is 0 Å². The molecule has 0 atom stereocenters. The van der Waals surface area contributed by atoms with E-state index < -0.39 is 5.92 Å². The maximum atomic E-state index is 12.6. The Morgan fingerprint density at radius 2 is 2.18 bits per heavy atom. The third-order valence-electron chi connectivity index (χ3n) is 1.25. The molecule has 1 aromatic rings. The van der Waals surface area contributed by atoms with Gasteiger partial charge in [-0.1, -0.05) is 0 Å². The van der Waals surface area contributed by atoms with Crippen LogP contribution >= 0.6 is 0 Å². The molecule has 0 aromatic carbocycles. The van der Waals surface area contributed by atoms with E-state index >= 15 is 0 Å². The Hall–Kier alpha value is -1.19. The fraction of sp³-hybridized carbons (Fsp3) is 0.286. The van der Waals surface area contributed by atoms with Gasteiger partial charge in [-0.25, -0.2) is 0 Å². The molecule has 0 aliphatic heterocycles. The third kappa shape index (κ3) is 1.63. The molecule has 0 aliphatic carbocycles. The van der Waals surface area contributed by atoms with Gasteiger partial charge in [0.25, 0.3) is 5.92 Å². The lowest BCUT2D eigenvalue weighted by Crippen LogP contribution is -2.12. The van der Waals surface area contributed by atoms with Crippen LogP contribution in [0.25, 0.3) is 0 Å². The topological polar surface area (TPSA) is 38.9 Å². The lowest BCUT2D eigenvalue weighted by Gasteiger charge is -2.10. The molecule has 11 heavy (non-hydrogen) atoms. The summed E-state index contributed by atoms with van der Waals surface area (Å²) in [6.45, 7) is 0.770. The molecule has 2 N–H and O–H groups in total.